The van der Waals surface area contributed by atoms with Crippen LogP contribution in [0.5, 0.6) is 0 Å². The average molecular weight is 345 g/mol. The van der Waals surface area contributed by atoms with E-state index in [0.29, 0.717) is 24.6 Å². The molecule has 4 N–H and O–H groups in total. The van der Waals surface area contributed by atoms with E-state index >= 15 is 0 Å². The van der Waals surface area contributed by atoms with E-state index in [1.165, 1.54) is 0 Å². The standard InChI is InChI=1S/C13H19N3O4S2/c17-12(18)15-4-6-21-8-10-2-1-3-14-11(10)9-22-7-5-16-13(19)20/h1-3,15-16H,4-9H2,(H,17,18)(H,19,20). The summed E-state index contributed by atoms with van der Waals surface area (Å²) in [4.78, 5) is 25.0. The van der Waals surface area contributed by atoms with Gasteiger partial charge in [0.2, 0.25) is 0 Å². The van der Waals surface area contributed by atoms with Crippen LogP contribution in [0.4, 0.5) is 9.59 Å². The summed E-state index contributed by atoms with van der Waals surface area (Å²) in [6.07, 6.45) is -0.273. The van der Waals surface area contributed by atoms with Gasteiger partial charge in [-0.1, -0.05) is 6.07 Å². The first-order valence-electron chi connectivity index (χ1n) is 6.61. The fourth-order valence-corrected chi connectivity index (χ4v) is 3.26. The predicted molar refractivity (Wildman–Crippen MR) is 88.6 cm³/mol. The molecule has 0 radical (unpaired) electrons. The SMILES string of the molecule is O=C(O)NCCSCc1cccnc1CSCCNC(=O)O. The Labute approximate surface area is 137 Å². The van der Waals surface area contributed by atoms with Gasteiger partial charge in [-0.2, -0.15) is 23.5 Å². The van der Waals surface area contributed by atoms with Gasteiger partial charge in [0.15, 0.2) is 0 Å². The van der Waals surface area contributed by atoms with Gasteiger partial charge in [0.1, 0.15) is 0 Å². The third-order valence-corrected chi connectivity index (χ3v) is 4.50. The van der Waals surface area contributed by atoms with Crippen molar-refractivity contribution < 1.29 is 19.8 Å². The minimum atomic E-state index is -1.01. The monoisotopic (exact) mass is 345 g/mol. The Hall–Kier alpha value is -1.61. The van der Waals surface area contributed by atoms with E-state index in [1.54, 1.807) is 29.7 Å². The molecule has 1 aromatic rings. The van der Waals surface area contributed by atoms with Crippen LogP contribution < -0.4 is 10.6 Å². The van der Waals surface area contributed by atoms with Crippen LogP contribution in [0, 0.1) is 0 Å². The van der Waals surface area contributed by atoms with Crippen LogP contribution in [0.2, 0.25) is 0 Å². The zero-order chi connectivity index (χ0) is 16.2. The van der Waals surface area contributed by atoms with Gasteiger partial charge < -0.3 is 20.8 Å². The Morgan fingerprint density at radius 2 is 1.64 bits per heavy atom. The molecule has 0 aliphatic heterocycles. The summed E-state index contributed by atoms with van der Waals surface area (Å²) in [5.41, 5.74) is 2.11. The quantitative estimate of drug-likeness (QED) is 0.480. The van der Waals surface area contributed by atoms with Crippen molar-refractivity contribution in [3.63, 3.8) is 0 Å². The lowest BCUT2D eigenvalue weighted by Gasteiger charge is -2.08. The fraction of sp³-hybridized carbons (Fsp3) is 0.462. The predicted octanol–water partition coefficient (Wildman–Crippen LogP) is 2.08. The highest BCUT2D eigenvalue weighted by molar-refractivity contribution is 7.98. The van der Waals surface area contributed by atoms with Gasteiger partial charge in [0, 0.05) is 42.3 Å². The molecule has 0 spiro atoms. The molecule has 0 aliphatic carbocycles. The zero-order valence-electron chi connectivity index (χ0n) is 11.9. The lowest BCUT2D eigenvalue weighted by Crippen LogP contribution is -2.23. The molecule has 0 aromatic carbocycles. The molecule has 0 atom stereocenters. The summed E-state index contributed by atoms with van der Waals surface area (Å²) in [6, 6.07) is 3.89. The van der Waals surface area contributed by atoms with Crippen molar-refractivity contribution in [2.45, 2.75) is 11.5 Å². The molecule has 0 bridgehead atoms. The van der Waals surface area contributed by atoms with Crippen LogP contribution in [0.25, 0.3) is 0 Å². The van der Waals surface area contributed by atoms with Gasteiger partial charge >= 0.3 is 12.2 Å². The number of carbonyl (C=O) groups is 2. The van der Waals surface area contributed by atoms with Crippen LogP contribution in [0.3, 0.4) is 0 Å². The van der Waals surface area contributed by atoms with Gasteiger partial charge in [-0.15, -0.1) is 0 Å². The summed E-state index contributed by atoms with van der Waals surface area (Å²) in [5.74, 6) is 2.90. The summed E-state index contributed by atoms with van der Waals surface area (Å²) in [5, 5.41) is 21.6. The third kappa shape index (κ3) is 8.63. The Morgan fingerprint density at radius 3 is 2.23 bits per heavy atom. The third-order valence-electron chi connectivity index (χ3n) is 2.53. The van der Waals surface area contributed by atoms with Gasteiger partial charge in [-0.05, 0) is 11.6 Å². The zero-order valence-corrected chi connectivity index (χ0v) is 13.6. The van der Waals surface area contributed by atoms with Gasteiger partial charge in [0.25, 0.3) is 0 Å². The molecular formula is C13H19N3O4S2. The number of aromatic nitrogens is 1. The van der Waals surface area contributed by atoms with Crippen molar-refractivity contribution in [3.8, 4) is 0 Å². The summed E-state index contributed by atoms with van der Waals surface area (Å²) < 4.78 is 0. The molecule has 0 saturated heterocycles. The molecule has 0 aliphatic rings. The van der Waals surface area contributed by atoms with Crippen molar-refractivity contribution >= 4 is 35.7 Å². The molecule has 0 unspecified atom stereocenters. The number of nitrogens with one attached hydrogen (secondary N) is 2. The molecule has 2 amide bonds. The van der Waals surface area contributed by atoms with Crippen LogP contribution in [-0.4, -0.2) is 52.0 Å². The van der Waals surface area contributed by atoms with E-state index in [9.17, 15) is 9.59 Å². The van der Waals surface area contributed by atoms with Gasteiger partial charge in [-0.25, -0.2) is 9.59 Å². The van der Waals surface area contributed by atoms with Crippen molar-refractivity contribution in [1.29, 1.82) is 0 Å². The number of hydrogen-bond donors (Lipinski definition) is 4. The Balaban J connectivity index is 2.28. The average Bonchev–Trinajstić information content (AvgIpc) is 2.47. The van der Waals surface area contributed by atoms with Crippen molar-refractivity contribution in [2.24, 2.45) is 0 Å². The molecule has 122 valence electrons. The van der Waals surface area contributed by atoms with E-state index in [2.05, 4.69) is 15.6 Å². The summed E-state index contributed by atoms with van der Waals surface area (Å²) >= 11 is 3.27. The van der Waals surface area contributed by atoms with Gasteiger partial charge in [-0.3, -0.25) is 4.98 Å². The Morgan fingerprint density at radius 1 is 1.05 bits per heavy atom. The largest absolute Gasteiger partial charge is 0.465 e. The van der Waals surface area contributed by atoms with Crippen LogP contribution in [0.1, 0.15) is 11.3 Å². The first kappa shape index (κ1) is 18.4. The minimum absolute atomic E-state index is 0.414. The maximum absolute atomic E-state index is 10.3. The minimum Gasteiger partial charge on any atom is -0.465 e. The van der Waals surface area contributed by atoms with Gasteiger partial charge in [0.05, 0.1) is 5.69 Å². The van der Waals surface area contributed by atoms with Crippen LogP contribution in [-0.2, 0) is 11.5 Å². The maximum Gasteiger partial charge on any atom is 0.404 e. The molecular weight excluding hydrogens is 326 g/mol. The summed E-state index contributed by atoms with van der Waals surface area (Å²) in [6.45, 7) is 0.836. The molecule has 1 rings (SSSR count). The molecule has 1 heterocycles. The van der Waals surface area contributed by atoms with E-state index in [-0.39, 0.29) is 0 Å². The number of nitrogens with zero attached hydrogens (tertiary/aromatic N) is 1. The first-order valence-corrected chi connectivity index (χ1v) is 8.92. The lowest BCUT2D eigenvalue weighted by molar-refractivity contribution is 0.194. The maximum atomic E-state index is 10.3. The second kappa shape index (κ2) is 11.0. The topological polar surface area (TPSA) is 112 Å². The molecule has 1 aromatic heterocycles. The molecule has 0 fully saturated rings. The highest BCUT2D eigenvalue weighted by Gasteiger charge is 2.04. The second-order valence-corrected chi connectivity index (χ2v) is 6.39. The van der Waals surface area contributed by atoms with E-state index < -0.39 is 12.2 Å². The number of pyridine rings is 1. The van der Waals surface area contributed by atoms with Crippen molar-refractivity contribution in [2.75, 3.05) is 24.6 Å². The summed E-state index contributed by atoms with van der Waals surface area (Å²) in [7, 11) is 0. The van der Waals surface area contributed by atoms with E-state index in [0.717, 1.165) is 22.8 Å². The number of hydrogen-bond acceptors (Lipinski definition) is 5. The molecule has 9 heteroatoms. The first-order chi connectivity index (χ1) is 10.6. The molecule has 22 heavy (non-hydrogen) atoms. The normalized spacial score (nSPS) is 10.2. The number of carboxylic acid groups (broad SMARTS) is 2. The smallest absolute Gasteiger partial charge is 0.404 e. The highest BCUT2D eigenvalue weighted by Crippen LogP contribution is 2.18. The fourth-order valence-electron chi connectivity index (χ4n) is 1.54. The number of amides is 2. The van der Waals surface area contributed by atoms with Crippen LogP contribution >= 0.6 is 23.5 Å². The van der Waals surface area contributed by atoms with Crippen LogP contribution in [0.15, 0.2) is 18.3 Å². The van der Waals surface area contributed by atoms with E-state index in [4.69, 9.17) is 10.2 Å². The Bertz CT molecular complexity index is 445. The van der Waals surface area contributed by atoms with Crippen molar-refractivity contribution in [1.82, 2.24) is 15.6 Å². The Kier molecular flexibility index (Phi) is 9.24. The van der Waals surface area contributed by atoms with E-state index in [1.807, 2.05) is 12.1 Å². The van der Waals surface area contributed by atoms with Crippen molar-refractivity contribution in [3.05, 3.63) is 29.6 Å². The second-order valence-electron chi connectivity index (χ2n) is 4.18. The molecule has 0 saturated carbocycles. The number of thioether (sulfide) groups is 2. The number of rotatable bonds is 10. The highest BCUT2D eigenvalue weighted by atomic mass is 32.2. The molecule has 7 nitrogen and oxygen atoms in total. The lowest BCUT2D eigenvalue weighted by atomic mass is 10.2.